The smallest absolute Gasteiger partial charge is 0.243 e. The highest BCUT2D eigenvalue weighted by atomic mass is 35.5. The quantitative estimate of drug-likeness (QED) is 0.374. The fourth-order valence-electron chi connectivity index (χ4n) is 2.28. The maximum atomic E-state index is 10.9. The van der Waals surface area contributed by atoms with E-state index in [4.69, 9.17) is 37.6 Å². The molecule has 0 saturated heterocycles. The number of rotatable bonds is 6. The van der Waals surface area contributed by atoms with E-state index in [1.54, 1.807) is 17.6 Å². The second-order valence-electron chi connectivity index (χ2n) is 5.24. The third-order valence-corrected chi connectivity index (χ3v) is 4.02. The van der Waals surface area contributed by atoms with Crippen molar-refractivity contribution in [2.24, 2.45) is 0 Å². The second-order valence-corrected chi connectivity index (χ2v) is 6.06. The first-order valence-electron chi connectivity index (χ1n) is 7.49. The number of oxazole rings is 1. The average Bonchev–Trinajstić information content (AvgIpc) is 3.04. The fourth-order valence-corrected chi connectivity index (χ4v) is 2.88. The highest BCUT2D eigenvalue weighted by Gasteiger charge is 2.15. The largest absolute Gasteiger partial charge is 0.490 e. The van der Waals surface area contributed by atoms with Gasteiger partial charge in [0.1, 0.15) is 5.52 Å². The molecule has 8 heteroatoms. The Bertz CT molecular complexity index is 855. The standard InChI is InChI=1S/C17H14Cl2N2O4/c18-11-8-10(17-20-13-4-1-2-5-14(13)25-17)9-12(19)16(11)24-7-3-6-15(22)21-23/h1-2,4-5,8-9,23H,3,6-7H2,(H,21,22). The lowest BCUT2D eigenvalue weighted by atomic mass is 10.2. The van der Waals surface area contributed by atoms with Gasteiger partial charge in [-0.2, -0.15) is 0 Å². The van der Waals surface area contributed by atoms with E-state index >= 15 is 0 Å². The van der Waals surface area contributed by atoms with Gasteiger partial charge in [0.25, 0.3) is 0 Å². The van der Waals surface area contributed by atoms with E-state index in [2.05, 4.69) is 4.98 Å². The van der Waals surface area contributed by atoms with Gasteiger partial charge in [0.15, 0.2) is 11.3 Å². The summed E-state index contributed by atoms with van der Waals surface area (Å²) >= 11 is 12.5. The van der Waals surface area contributed by atoms with Crippen LogP contribution >= 0.6 is 23.2 Å². The summed E-state index contributed by atoms with van der Waals surface area (Å²) in [5.41, 5.74) is 3.61. The number of nitrogens with one attached hydrogen (secondary N) is 1. The topological polar surface area (TPSA) is 84.6 Å². The number of carbonyl (C=O) groups excluding carboxylic acids is 1. The van der Waals surface area contributed by atoms with Crippen LogP contribution in [-0.4, -0.2) is 22.7 Å². The van der Waals surface area contributed by atoms with Gasteiger partial charge >= 0.3 is 0 Å². The molecule has 0 spiro atoms. The van der Waals surface area contributed by atoms with Gasteiger partial charge in [-0.1, -0.05) is 35.3 Å². The number of hydroxylamine groups is 1. The number of para-hydroxylation sites is 2. The first-order chi connectivity index (χ1) is 12.1. The molecule has 2 N–H and O–H groups in total. The number of ether oxygens (including phenoxy) is 1. The van der Waals surface area contributed by atoms with Crippen LogP contribution in [0, 0.1) is 0 Å². The molecule has 130 valence electrons. The number of hydrogen-bond acceptors (Lipinski definition) is 5. The van der Waals surface area contributed by atoms with Gasteiger partial charge in [-0.3, -0.25) is 10.0 Å². The molecule has 2 aromatic carbocycles. The van der Waals surface area contributed by atoms with Crippen LogP contribution in [0.4, 0.5) is 0 Å². The molecule has 3 rings (SSSR count). The van der Waals surface area contributed by atoms with E-state index in [0.29, 0.717) is 39.3 Å². The van der Waals surface area contributed by atoms with Crippen LogP contribution in [0.2, 0.25) is 10.0 Å². The zero-order valence-corrected chi connectivity index (χ0v) is 14.5. The van der Waals surface area contributed by atoms with Gasteiger partial charge in [-0.25, -0.2) is 10.5 Å². The van der Waals surface area contributed by atoms with Gasteiger partial charge in [-0.15, -0.1) is 0 Å². The molecule has 0 saturated carbocycles. The van der Waals surface area contributed by atoms with Crippen LogP contribution in [0.3, 0.4) is 0 Å². The van der Waals surface area contributed by atoms with Gasteiger partial charge in [-0.05, 0) is 30.7 Å². The monoisotopic (exact) mass is 380 g/mol. The van der Waals surface area contributed by atoms with Crippen molar-refractivity contribution in [1.29, 1.82) is 0 Å². The molecule has 6 nitrogen and oxygen atoms in total. The minimum Gasteiger partial charge on any atom is -0.490 e. The third kappa shape index (κ3) is 4.04. The Morgan fingerprint density at radius 2 is 1.96 bits per heavy atom. The summed E-state index contributed by atoms with van der Waals surface area (Å²) in [4.78, 5) is 15.4. The van der Waals surface area contributed by atoms with Gasteiger partial charge in [0.05, 0.1) is 16.7 Å². The van der Waals surface area contributed by atoms with Crippen molar-refractivity contribution >= 4 is 40.2 Å². The molecule has 0 radical (unpaired) electrons. The van der Waals surface area contributed by atoms with E-state index < -0.39 is 5.91 Å². The molecule has 1 amide bonds. The summed E-state index contributed by atoms with van der Waals surface area (Å²) in [6.07, 6.45) is 0.540. The summed E-state index contributed by atoms with van der Waals surface area (Å²) in [7, 11) is 0. The molecule has 0 aliphatic heterocycles. The van der Waals surface area contributed by atoms with Crippen molar-refractivity contribution in [2.45, 2.75) is 12.8 Å². The third-order valence-electron chi connectivity index (χ3n) is 3.46. The molecule has 0 aliphatic carbocycles. The molecular formula is C17H14Cl2N2O4. The molecule has 0 bridgehead atoms. The molecular weight excluding hydrogens is 367 g/mol. The summed E-state index contributed by atoms with van der Waals surface area (Å²) in [6.45, 7) is 0.231. The summed E-state index contributed by atoms with van der Waals surface area (Å²) in [5, 5.41) is 9.07. The number of carbonyl (C=O) groups is 1. The first kappa shape index (κ1) is 17.5. The van der Waals surface area contributed by atoms with Crippen LogP contribution in [0.5, 0.6) is 5.75 Å². The minimum atomic E-state index is -0.480. The molecule has 0 fully saturated rings. The van der Waals surface area contributed by atoms with Crippen LogP contribution < -0.4 is 10.2 Å². The predicted molar refractivity (Wildman–Crippen MR) is 94.1 cm³/mol. The predicted octanol–water partition coefficient (Wildman–Crippen LogP) is 4.47. The average molecular weight is 381 g/mol. The number of benzene rings is 2. The molecule has 1 heterocycles. The van der Waals surface area contributed by atoms with Crippen molar-refractivity contribution in [3.05, 3.63) is 46.4 Å². The highest BCUT2D eigenvalue weighted by Crippen LogP contribution is 2.38. The van der Waals surface area contributed by atoms with Crippen molar-refractivity contribution in [3.8, 4) is 17.2 Å². The zero-order chi connectivity index (χ0) is 17.8. The molecule has 1 aromatic heterocycles. The van der Waals surface area contributed by atoms with Gasteiger partial charge in [0, 0.05) is 12.0 Å². The Kier molecular flexibility index (Phi) is 5.43. The number of hydrogen-bond donors (Lipinski definition) is 2. The lowest BCUT2D eigenvalue weighted by molar-refractivity contribution is -0.129. The van der Waals surface area contributed by atoms with Crippen LogP contribution in [0.25, 0.3) is 22.6 Å². The van der Waals surface area contributed by atoms with E-state index in [-0.39, 0.29) is 13.0 Å². The van der Waals surface area contributed by atoms with Crippen molar-refractivity contribution in [2.75, 3.05) is 6.61 Å². The number of fused-ring (bicyclic) bond motifs is 1. The Morgan fingerprint density at radius 3 is 2.64 bits per heavy atom. The molecule has 0 unspecified atom stereocenters. The molecule has 0 aliphatic rings. The maximum absolute atomic E-state index is 10.9. The lowest BCUT2D eigenvalue weighted by Gasteiger charge is -2.10. The number of amides is 1. The Hall–Kier alpha value is -2.28. The lowest BCUT2D eigenvalue weighted by Crippen LogP contribution is -2.18. The summed E-state index contributed by atoms with van der Waals surface area (Å²) in [5.74, 6) is 0.260. The first-order valence-corrected chi connectivity index (χ1v) is 8.25. The Morgan fingerprint density at radius 1 is 1.24 bits per heavy atom. The number of nitrogens with zero attached hydrogens (tertiary/aromatic N) is 1. The second kappa shape index (κ2) is 7.74. The number of halogens is 2. The van der Waals surface area contributed by atoms with Crippen molar-refractivity contribution in [3.63, 3.8) is 0 Å². The highest BCUT2D eigenvalue weighted by molar-refractivity contribution is 6.37. The van der Waals surface area contributed by atoms with Gasteiger partial charge < -0.3 is 9.15 Å². The molecule has 0 atom stereocenters. The zero-order valence-electron chi connectivity index (χ0n) is 13.0. The van der Waals surface area contributed by atoms with Gasteiger partial charge in [0.2, 0.25) is 11.8 Å². The van der Waals surface area contributed by atoms with E-state index in [9.17, 15) is 4.79 Å². The maximum Gasteiger partial charge on any atom is 0.243 e. The van der Waals surface area contributed by atoms with E-state index in [1.165, 1.54) is 0 Å². The fraction of sp³-hybridized carbons (Fsp3) is 0.176. The summed E-state index contributed by atoms with van der Waals surface area (Å²) in [6, 6.07) is 10.7. The van der Waals surface area contributed by atoms with Crippen molar-refractivity contribution < 1.29 is 19.2 Å². The Balaban J connectivity index is 1.76. The normalized spacial score (nSPS) is 10.8. The van der Waals surface area contributed by atoms with Crippen molar-refractivity contribution in [1.82, 2.24) is 10.5 Å². The van der Waals surface area contributed by atoms with Crippen LogP contribution in [0.15, 0.2) is 40.8 Å². The molecule has 3 aromatic rings. The van der Waals surface area contributed by atoms with Crippen LogP contribution in [0.1, 0.15) is 12.8 Å². The summed E-state index contributed by atoms with van der Waals surface area (Å²) < 4.78 is 11.2. The SMILES string of the molecule is O=C(CCCOc1c(Cl)cc(-c2nc3ccccc3o2)cc1Cl)NO. The van der Waals surface area contributed by atoms with E-state index in [0.717, 1.165) is 5.52 Å². The van der Waals surface area contributed by atoms with Crippen LogP contribution in [-0.2, 0) is 4.79 Å². The molecule has 25 heavy (non-hydrogen) atoms. The number of aromatic nitrogens is 1. The minimum absolute atomic E-state index is 0.132. The van der Waals surface area contributed by atoms with E-state index in [1.807, 2.05) is 24.3 Å². The Labute approximate surface area is 153 Å².